The van der Waals surface area contributed by atoms with Crippen LogP contribution in [0.1, 0.15) is 17.9 Å². The lowest BCUT2D eigenvalue weighted by Crippen LogP contribution is -2.20. The van der Waals surface area contributed by atoms with Gasteiger partial charge in [0, 0.05) is 35.0 Å². The maximum Gasteiger partial charge on any atom is 0.270 e. The number of carbonyl (C=O) groups is 1. The number of aromatic nitrogens is 1. The fraction of sp³-hybridized carbons (Fsp3) is 0.188. The summed E-state index contributed by atoms with van der Waals surface area (Å²) in [5, 5.41) is 1.60. The van der Waals surface area contributed by atoms with E-state index < -0.39 is 0 Å². The molecule has 2 N–H and O–H groups in total. The van der Waals surface area contributed by atoms with E-state index >= 15 is 0 Å². The summed E-state index contributed by atoms with van der Waals surface area (Å²) >= 11 is 0. The van der Waals surface area contributed by atoms with Crippen molar-refractivity contribution in [1.29, 1.82) is 0 Å². The Balaban J connectivity index is 1.72. The molecule has 1 saturated carbocycles. The molecule has 0 radical (unpaired) electrons. The Labute approximate surface area is 115 Å². The molecule has 1 aliphatic carbocycles. The lowest BCUT2D eigenvalue weighted by atomic mass is 10.1. The second-order valence-corrected chi connectivity index (χ2v) is 5.35. The van der Waals surface area contributed by atoms with Gasteiger partial charge < -0.3 is 5.73 Å². The first kappa shape index (κ1) is 11.5. The molecule has 1 fully saturated rings. The van der Waals surface area contributed by atoms with E-state index in [1.165, 1.54) is 5.56 Å². The first-order valence-electron chi connectivity index (χ1n) is 6.67. The molecule has 98 valence electrons. The number of pyridine rings is 1. The fourth-order valence-corrected chi connectivity index (χ4v) is 2.60. The van der Waals surface area contributed by atoms with Crippen LogP contribution in [0.5, 0.6) is 0 Å². The van der Waals surface area contributed by atoms with E-state index in [4.69, 9.17) is 5.73 Å². The molecule has 0 bridgehead atoms. The van der Waals surface area contributed by atoms with Gasteiger partial charge >= 0.3 is 0 Å². The van der Waals surface area contributed by atoms with Gasteiger partial charge in [0.2, 0.25) is 0 Å². The van der Waals surface area contributed by atoms with Crippen molar-refractivity contribution in [3.8, 4) is 11.3 Å². The average molecular weight is 263 g/mol. The predicted molar refractivity (Wildman–Crippen MR) is 75.3 cm³/mol. The smallest absolute Gasteiger partial charge is 0.270 e. The number of hydrogen-bond donors (Lipinski definition) is 1. The monoisotopic (exact) mass is 263 g/mol. The molecule has 1 aliphatic heterocycles. The van der Waals surface area contributed by atoms with Gasteiger partial charge in [0.15, 0.2) is 0 Å². The summed E-state index contributed by atoms with van der Waals surface area (Å²) in [6, 6.07) is 10.2. The van der Waals surface area contributed by atoms with Gasteiger partial charge in [0.25, 0.3) is 5.91 Å². The fourth-order valence-electron chi connectivity index (χ4n) is 2.60. The molecule has 1 aromatic carbocycles. The molecule has 20 heavy (non-hydrogen) atoms. The molecule has 1 aromatic heterocycles. The first-order chi connectivity index (χ1) is 9.70. The molecule has 2 aliphatic rings. The van der Waals surface area contributed by atoms with Crippen LogP contribution < -0.4 is 16.3 Å². The zero-order chi connectivity index (χ0) is 13.7. The number of benzene rings is 1. The Morgan fingerprint density at radius 3 is 2.75 bits per heavy atom. The maximum absolute atomic E-state index is 11.3. The van der Waals surface area contributed by atoms with E-state index in [0.717, 1.165) is 28.3 Å². The van der Waals surface area contributed by atoms with Gasteiger partial charge in [-0.1, -0.05) is 18.2 Å². The third-order valence-corrected chi connectivity index (χ3v) is 3.89. The van der Waals surface area contributed by atoms with Crippen molar-refractivity contribution in [3.63, 3.8) is 0 Å². The normalized spacial score (nSPS) is 22.9. The van der Waals surface area contributed by atoms with Gasteiger partial charge in [-0.05, 0) is 24.1 Å². The minimum atomic E-state index is -0.192. The van der Waals surface area contributed by atoms with Crippen LogP contribution in [0.4, 0.5) is 0 Å². The lowest BCUT2D eigenvalue weighted by Gasteiger charge is -2.02. The summed E-state index contributed by atoms with van der Waals surface area (Å²) < 4.78 is 0. The van der Waals surface area contributed by atoms with Gasteiger partial charge in [-0.3, -0.25) is 9.78 Å². The standard InChI is InChI=1S/C16H13N3O/c17-13-7-12(13)11-3-4-14(18-8-11)9-1-2-10-6-16(20)19-15(10)5-9/h1-6,8,12-13H,7,17H2/t12-,13+/m0/s1. The molecule has 4 heteroatoms. The van der Waals surface area contributed by atoms with Gasteiger partial charge in [-0.25, -0.2) is 4.99 Å². The van der Waals surface area contributed by atoms with Crippen LogP contribution in [-0.4, -0.2) is 16.9 Å². The quantitative estimate of drug-likeness (QED) is 0.858. The topological polar surface area (TPSA) is 68.3 Å². The highest BCUT2D eigenvalue weighted by molar-refractivity contribution is 6.06. The Hall–Kier alpha value is -2.33. The summed E-state index contributed by atoms with van der Waals surface area (Å²) in [5.74, 6) is 0.280. The number of rotatable bonds is 2. The van der Waals surface area contributed by atoms with Crippen LogP contribution in [0.15, 0.2) is 41.5 Å². The van der Waals surface area contributed by atoms with Crippen molar-refractivity contribution in [3.05, 3.63) is 52.7 Å². The van der Waals surface area contributed by atoms with Crippen LogP contribution in [-0.2, 0) is 4.79 Å². The maximum atomic E-state index is 11.3. The lowest BCUT2D eigenvalue weighted by molar-refractivity contribution is -0.112. The SMILES string of the molecule is N[C@@H]1C[C@H]1c1ccc(-c2ccc3c(c2)=NC(=O)C=3)nc1. The minimum absolute atomic E-state index is 0.192. The van der Waals surface area contributed by atoms with Crippen molar-refractivity contribution in [2.45, 2.75) is 18.4 Å². The molecule has 0 spiro atoms. The van der Waals surface area contributed by atoms with Crippen LogP contribution in [0.25, 0.3) is 17.3 Å². The van der Waals surface area contributed by atoms with Crippen molar-refractivity contribution < 1.29 is 4.79 Å². The largest absolute Gasteiger partial charge is 0.327 e. The molecule has 4 nitrogen and oxygen atoms in total. The van der Waals surface area contributed by atoms with Crippen molar-refractivity contribution in [1.82, 2.24) is 4.98 Å². The number of nitrogens with zero attached hydrogens (tertiary/aromatic N) is 2. The average Bonchev–Trinajstić information content (AvgIpc) is 3.06. The van der Waals surface area contributed by atoms with Crippen LogP contribution in [0.2, 0.25) is 0 Å². The molecule has 4 rings (SSSR count). The minimum Gasteiger partial charge on any atom is -0.327 e. The third-order valence-electron chi connectivity index (χ3n) is 3.89. The summed E-state index contributed by atoms with van der Waals surface area (Å²) in [4.78, 5) is 19.7. The number of nitrogens with two attached hydrogens (primary N) is 1. The van der Waals surface area contributed by atoms with Crippen LogP contribution in [0, 0.1) is 0 Å². The van der Waals surface area contributed by atoms with E-state index in [0.29, 0.717) is 12.0 Å². The summed E-state index contributed by atoms with van der Waals surface area (Å²) in [6.45, 7) is 0. The zero-order valence-corrected chi connectivity index (χ0v) is 10.8. The summed E-state index contributed by atoms with van der Waals surface area (Å²) in [7, 11) is 0. The third kappa shape index (κ3) is 1.85. The van der Waals surface area contributed by atoms with E-state index in [-0.39, 0.29) is 5.91 Å². The highest BCUT2D eigenvalue weighted by Gasteiger charge is 2.34. The van der Waals surface area contributed by atoms with Gasteiger partial charge in [0.1, 0.15) is 0 Å². The van der Waals surface area contributed by atoms with E-state index in [2.05, 4.69) is 16.0 Å². The van der Waals surface area contributed by atoms with Crippen molar-refractivity contribution >= 4 is 12.0 Å². The van der Waals surface area contributed by atoms with Gasteiger partial charge in [0.05, 0.1) is 11.1 Å². The van der Waals surface area contributed by atoms with E-state index in [9.17, 15) is 4.79 Å². The summed E-state index contributed by atoms with van der Waals surface area (Å²) in [5.41, 5.74) is 8.91. The van der Waals surface area contributed by atoms with E-state index in [1.54, 1.807) is 6.08 Å². The van der Waals surface area contributed by atoms with Gasteiger partial charge in [-0.2, -0.15) is 0 Å². The number of amides is 1. The molecule has 2 heterocycles. The van der Waals surface area contributed by atoms with Crippen LogP contribution in [0.3, 0.4) is 0 Å². The zero-order valence-electron chi connectivity index (χ0n) is 10.8. The number of carbonyl (C=O) groups excluding carboxylic acids is 1. The second kappa shape index (κ2) is 4.08. The molecule has 2 atom stereocenters. The second-order valence-electron chi connectivity index (χ2n) is 5.35. The molecule has 0 unspecified atom stereocenters. The van der Waals surface area contributed by atoms with Crippen LogP contribution >= 0.6 is 0 Å². The van der Waals surface area contributed by atoms with Gasteiger partial charge in [-0.15, -0.1) is 0 Å². The predicted octanol–water partition coefficient (Wildman–Crippen LogP) is 0.503. The highest BCUT2D eigenvalue weighted by Crippen LogP contribution is 2.38. The molecule has 0 saturated heterocycles. The number of fused-ring (bicyclic) bond motifs is 1. The van der Waals surface area contributed by atoms with Crippen molar-refractivity contribution in [2.24, 2.45) is 10.7 Å². The van der Waals surface area contributed by atoms with Crippen molar-refractivity contribution in [2.75, 3.05) is 0 Å². The Morgan fingerprint density at radius 2 is 2.05 bits per heavy atom. The van der Waals surface area contributed by atoms with E-state index in [1.807, 2.05) is 30.5 Å². The molecular formula is C16H13N3O. The molecular weight excluding hydrogens is 250 g/mol. The number of hydrogen-bond acceptors (Lipinski definition) is 3. The first-order valence-corrected chi connectivity index (χ1v) is 6.67. The molecule has 2 aromatic rings. The Kier molecular flexibility index (Phi) is 2.35. The Bertz CT molecular complexity index is 824. The Morgan fingerprint density at radius 1 is 1.20 bits per heavy atom. The summed E-state index contributed by atoms with van der Waals surface area (Å²) in [6.07, 6.45) is 4.50. The molecule has 1 amide bonds. The highest BCUT2D eigenvalue weighted by atomic mass is 16.1.